The molecule has 7 heteroatoms. The number of carbonyl (C=O) groups is 2. The Morgan fingerprint density at radius 3 is 2.55 bits per heavy atom. The van der Waals surface area contributed by atoms with Gasteiger partial charge in [-0.15, -0.1) is 10.2 Å². The van der Waals surface area contributed by atoms with Crippen LogP contribution in [0.2, 0.25) is 0 Å². The zero-order chi connectivity index (χ0) is 15.0. The highest BCUT2D eigenvalue weighted by atomic mass is 16.2. The van der Waals surface area contributed by atoms with Gasteiger partial charge in [0.05, 0.1) is 0 Å². The number of aromatic nitrogens is 2. The van der Waals surface area contributed by atoms with E-state index in [0.29, 0.717) is 12.4 Å². The molecule has 2 amide bonds. The number of carbonyl (C=O) groups excluding carboxylic acids is 2. The number of likely N-dealkylation sites (N-methyl/N-ethyl adjacent to an activating group) is 1. The van der Waals surface area contributed by atoms with Gasteiger partial charge >= 0.3 is 0 Å². The van der Waals surface area contributed by atoms with Crippen molar-refractivity contribution in [1.29, 1.82) is 0 Å². The SMILES string of the molecule is CCCNc1ccc(C(=O)NC(C)C(=O)NCC)nn1. The van der Waals surface area contributed by atoms with Crippen molar-refractivity contribution in [2.45, 2.75) is 33.2 Å². The maximum absolute atomic E-state index is 11.9. The zero-order valence-corrected chi connectivity index (χ0v) is 12.1. The quantitative estimate of drug-likeness (QED) is 0.677. The predicted octanol–water partition coefficient (Wildman–Crippen LogP) is 0.553. The minimum absolute atomic E-state index is 0.184. The molecule has 1 aromatic rings. The maximum Gasteiger partial charge on any atom is 0.272 e. The highest BCUT2D eigenvalue weighted by molar-refractivity contribution is 5.95. The summed E-state index contributed by atoms with van der Waals surface area (Å²) in [4.78, 5) is 23.4. The summed E-state index contributed by atoms with van der Waals surface area (Å²) >= 11 is 0. The van der Waals surface area contributed by atoms with E-state index in [0.717, 1.165) is 13.0 Å². The fraction of sp³-hybridized carbons (Fsp3) is 0.538. The van der Waals surface area contributed by atoms with Gasteiger partial charge in [-0.3, -0.25) is 9.59 Å². The molecule has 20 heavy (non-hydrogen) atoms. The van der Waals surface area contributed by atoms with Crippen LogP contribution in [0.5, 0.6) is 0 Å². The molecule has 1 aromatic heterocycles. The second-order valence-electron chi connectivity index (χ2n) is 4.32. The Kier molecular flexibility index (Phi) is 6.42. The van der Waals surface area contributed by atoms with Crippen LogP contribution in [-0.4, -0.2) is 41.1 Å². The Bertz CT molecular complexity index is 447. The number of amides is 2. The molecule has 0 saturated heterocycles. The molecule has 1 atom stereocenters. The summed E-state index contributed by atoms with van der Waals surface area (Å²) in [6, 6.07) is 2.65. The van der Waals surface area contributed by atoms with Gasteiger partial charge in [0.15, 0.2) is 5.69 Å². The summed E-state index contributed by atoms with van der Waals surface area (Å²) in [5.74, 6) is -0.0199. The largest absolute Gasteiger partial charge is 0.369 e. The van der Waals surface area contributed by atoms with E-state index in [4.69, 9.17) is 0 Å². The summed E-state index contributed by atoms with van der Waals surface area (Å²) < 4.78 is 0. The van der Waals surface area contributed by atoms with Crippen LogP contribution < -0.4 is 16.0 Å². The molecule has 0 bridgehead atoms. The fourth-order valence-electron chi connectivity index (χ4n) is 1.46. The molecule has 7 nitrogen and oxygen atoms in total. The number of nitrogens with zero attached hydrogens (tertiary/aromatic N) is 2. The van der Waals surface area contributed by atoms with Gasteiger partial charge < -0.3 is 16.0 Å². The highest BCUT2D eigenvalue weighted by Gasteiger charge is 2.16. The van der Waals surface area contributed by atoms with Gasteiger partial charge in [0, 0.05) is 13.1 Å². The summed E-state index contributed by atoms with van der Waals surface area (Å²) in [7, 11) is 0. The fourth-order valence-corrected chi connectivity index (χ4v) is 1.46. The lowest BCUT2D eigenvalue weighted by atomic mass is 10.3. The third kappa shape index (κ3) is 4.83. The molecule has 0 fully saturated rings. The second kappa shape index (κ2) is 8.08. The molecule has 0 aliphatic heterocycles. The third-order valence-corrected chi connectivity index (χ3v) is 2.55. The van der Waals surface area contributed by atoms with Crippen molar-refractivity contribution in [3.05, 3.63) is 17.8 Å². The molecule has 0 saturated carbocycles. The first kappa shape index (κ1) is 15.9. The summed E-state index contributed by atoms with van der Waals surface area (Å²) in [6.07, 6.45) is 0.980. The average Bonchev–Trinajstić information content (AvgIpc) is 2.45. The Labute approximate surface area is 118 Å². The topological polar surface area (TPSA) is 96.0 Å². The molecule has 110 valence electrons. The van der Waals surface area contributed by atoms with Crippen molar-refractivity contribution >= 4 is 17.6 Å². The van der Waals surface area contributed by atoms with E-state index in [2.05, 4.69) is 26.1 Å². The van der Waals surface area contributed by atoms with Crippen molar-refractivity contribution in [1.82, 2.24) is 20.8 Å². The maximum atomic E-state index is 11.9. The minimum atomic E-state index is -0.609. The average molecular weight is 279 g/mol. The second-order valence-corrected chi connectivity index (χ2v) is 4.32. The van der Waals surface area contributed by atoms with Crippen LogP contribution in [0.4, 0.5) is 5.82 Å². The van der Waals surface area contributed by atoms with Crippen molar-refractivity contribution in [2.24, 2.45) is 0 Å². The first-order chi connectivity index (χ1) is 9.58. The molecular weight excluding hydrogens is 258 g/mol. The first-order valence-electron chi connectivity index (χ1n) is 6.74. The first-order valence-corrected chi connectivity index (χ1v) is 6.74. The van der Waals surface area contributed by atoms with Crippen molar-refractivity contribution in [3.63, 3.8) is 0 Å². The standard InChI is InChI=1S/C13H21N5O2/c1-4-8-15-11-7-6-10(17-18-11)13(20)16-9(3)12(19)14-5-2/h6-7,9H,4-5,8H2,1-3H3,(H,14,19)(H,15,18)(H,16,20). The summed E-state index contributed by atoms with van der Waals surface area (Å²) in [5.41, 5.74) is 0.184. The lowest BCUT2D eigenvalue weighted by molar-refractivity contribution is -0.122. The predicted molar refractivity (Wildman–Crippen MR) is 76.4 cm³/mol. The van der Waals surface area contributed by atoms with Crippen LogP contribution in [0.1, 0.15) is 37.7 Å². The Morgan fingerprint density at radius 1 is 1.25 bits per heavy atom. The number of hydrogen-bond donors (Lipinski definition) is 3. The Balaban J connectivity index is 2.57. The smallest absolute Gasteiger partial charge is 0.272 e. The van der Waals surface area contributed by atoms with E-state index in [1.54, 1.807) is 19.1 Å². The van der Waals surface area contributed by atoms with Crippen LogP contribution in [0.3, 0.4) is 0 Å². The van der Waals surface area contributed by atoms with Crippen molar-refractivity contribution in [3.8, 4) is 0 Å². The summed E-state index contributed by atoms with van der Waals surface area (Å²) in [6.45, 7) is 6.81. The molecule has 1 heterocycles. The van der Waals surface area contributed by atoms with Gasteiger partial charge in [-0.1, -0.05) is 6.92 Å². The monoisotopic (exact) mass is 279 g/mol. The molecule has 0 spiro atoms. The van der Waals surface area contributed by atoms with Crippen LogP contribution >= 0.6 is 0 Å². The van der Waals surface area contributed by atoms with E-state index in [9.17, 15) is 9.59 Å². The van der Waals surface area contributed by atoms with E-state index in [-0.39, 0.29) is 11.6 Å². The Morgan fingerprint density at radius 2 is 2.00 bits per heavy atom. The molecule has 0 aromatic carbocycles. The van der Waals surface area contributed by atoms with Gasteiger partial charge in [-0.2, -0.15) is 0 Å². The normalized spacial score (nSPS) is 11.6. The zero-order valence-electron chi connectivity index (χ0n) is 12.1. The van der Waals surface area contributed by atoms with Crippen LogP contribution in [0, 0.1) is 0 Å². The van der Waals surface area contributed by atoms with E-state index >= 15 is 0 Å². The third-order valence-electron chi connectivity index (χ3n) is 2.55. The van der Waals surface area contributed by atoms with E-state index in [1.165, 1.54) is 0 Å². The van der Waals surface area contributed by atoms with Crippen LogP contribution in [0.15, 0.2) is 12.1 Å². The molecule has 1 rings (SSSR count). The van der Waals surface area contributed by atoms with Crippen LogP contribution in [0.25, 0.3) is 0 Å². The van der Waals surface area contributed by atoms with E-state index in [1.807, 2.05) is 13.8 Å². The van der Waals surface area contributed by atoms with Gasteiger partial charge in [-0.05, 0) is 32.4 Å². The molecular formula is C13H21N5O2. The summed E-state index contributed by atoms with van der Waals surface area (Å²) in [5, 5.41) is 16.0. The molecule has 0 aliphatic carbocycles. The lowest BCUT2D eigenvalue weighted by Gasteiger charge is -2.12. The molecule has 3 N–H and O–H groups in total. The minimum Gasteiger partial charge on any atom is -0.369 e. The molecule has 0 radical (unpaired) electrons. The number of hydrogen-bond acceptors (Lipinski definition) is 5. The molecule has 1 unspecified atom stereocenters. The number of anilines is 1. The van der Waals surface area contributed by atoms with E-state index < -0.39 is 11.9 Å². The highest BCUT2D eigenvalue weighted by Crippen LogP contribution is 2.02. The van der Waals surface area contributed by atoms with Crippen LogP contribution in [-0.2, 0) is 4.79 Å². The van der Waals surface area contributed by atoms with Gasteiger partial charge in [0.25, 0.3) is 5.91 Å². The van der Waals surface area contributed by atoms with Crippen molar-refractivity contribution < 1.29 is 9.59 Å². The van der Waals surface area contributed by atoms with Gasteiger partial charge in [0.1, 0.15) is 11.9 Å². The van der Waals surface area contributed by atoms with Gasteiger partial charge in [-0.25, -0.2) is 0 Å². The lowest BCUT2D eigenvalue weighted by Crippen LogP contribution is -2.44. The Hall–Kier alpha value is -2.18. The molecule has 0 aliphatic rings. The number of nitrogens with one attached hydrogen (secondary N) is 3. The van der Waals surface area contributed by atoms with Gasteiger partial charge in [0.2, 0.25) is 5.91 Å². The van der Waals surface area contributed by atoms with Crippen molar-refractivity contribution in [2.75, 3.05) is 18.4 Å². The number of rotatable bonds is 7.